The molecule has 0 radical (unpaired) electrons. The van der Waals surface area contributed by atoms with Crippen LogP contribution in [0, 0.1) is 12.3 Å². The van der Waals surface area contributed by atoms with Crippen molar-refractivity contribution < 1.29 is 19.1 Å². The number of nitrogens with zero attached hydrogens (tertiary/aromatic N) is 1. The number of halogens is 1. The molecule has 0 unspecified atom stereocenters. The second kappa shape index (κ2) is 7.57. The van der Waals surface area contributed by atoms with E-state index in [0.29, 0.717) is 28.6 Å². The van der Waals surface area contributed by atoms with Crippen LogP contribution < -0.4 is 9.47 Å². The molecule has 7 heteroatoms. The average molecular weight is 396 g/mol. The summed E-state index contributed by atoms with van der Waals surface area (Å²) in [6.45, 7) is 2.32. The fraction of sp³-hybridized carbons (Fsp3) is 0.250. The molecule has 1 aliphatic heterocycles. The predicted octanol–water partition coefficient (Wildman–Crippen LogP) is 3.53. The quantitative estimate of drug-likeness (QED) is 0.563. The Labute approximate surface area is 147 Å². The summed E-state index contributed by atoms with van der Waals surface area (Å²) >= 11 is 4.29. The topological polar surface area (TPSA) is 55.8 Å². The molecule has 1 aromatic carbocycles. The van der Waals surface area contributed by atoms with Crippen LogP contribution in [0.1, 0.15) is 12.5 Å². The van der Waals surface area contributed by atoms with Gasteiger partial charge in [-0.15, -0.1) is 6.42 Å². The number of benzene rings is 1. The Bertz CT molecular complexity index is 724. The van der Waals surface area contributed by atoms with E-state index < -0.39 is 5.91 Å². The summed E-state index contributed by atoms with van der Waals surface area (Å²) < 4.78 is 11.5. The van der Waals surface area contributed by atoms with Crippen molar-refractivity contribution in [1.29, 1.82) is 0 Å². The van der Waals surface area contributed by atoms with E-state index in [9.17, 15) is 9.59 Å². The van der Waals surface area contributed by atoms with Crippen molar-refractivity contribution in [2.75, 3.05) is 20.3 Å². The summed E-state index contributed by atoms with van der Waals surface area (Å²) in [4.78, 5) is 25.4. The number of carbonyl (C=O) groups is 2. The first-order chi connectivity index (χ1) is 11.0. The molecule has 1 aliphatic rings. The second-order valence-corrected chi connectivity index (χ2v) is 6.28. The Morgan fingerprint density at radius 3 is 2.74 bits per heavy atom. The predicted molar refractivity (Wildman–Crippen MR) is 93.4 cm³/mol. The Hall–Kier alpha value is -1.91. The van der Waals surface area contributed by atoms with Gasteiger partial charge in [0, 0.05) is 4.47 Å². The van der Waals surface area contributed by atoms with Crippen LogP contribution in [0.15, 0.2) is 21.5 Å². The highest BCUT2D eigenvalue weighted by Gasteiger charge is 2.34. The van der Waals surface area contributed by atoms with Crippen LogP contribution in [-0.4, -0.2) is 36.3 Å². The molecule has 2 rings (SSSR count). The number of carbonyl (C=O) groups excluding carboxylic acids is 2. The third kappa shape index (κ3) is 3.71. The van der Waals surface area contributed by atoms with Gasteiger partial charge in [0.1, 0.15) is 0 Å². The number of amides is 2. The SMILES string of the molecule is C#CCN1C(=O)S/C(=C/c2cc(OCC)c(OC)cc2Br)C1=O. The highest BCUT2D eigenvalue weighted by Crippen LogP contribution is 2.37. The highest BCUT2D eigenvalue weighted by molar-refractivity contribution is 9.10. The number of rotatable bonds is 5. The summed E-state index contributed by atoms with van der Waals surface area (Å²) in [5, 5.41) is -0.367. The van der Waals surface area contributed by atoms with Gasteiger partial charge in [-0.3, -0.25) is 14.5 Å². The summed E-state index contributed by atoms with van der Waals surface area (Å²) in [7, 11) is 1.55. The Kier molecular flexibility index (Phi) is 5.74. The Morgan fingerprint density at radius 1 is 1.39 bits per heavy atom. The summed E-state index contributed by atoms with van der Waals surface area (Å²) in [6, 6.07) is 3.50. The van der Waals surface area contributed by atoms with Gasteiger partial charge in [-0.25, -0.2) is 0 Å². The smallest absolute Gasteiger partial charge is 0.294 e. The molecule has 0 bridgehead atoms. The minimum Gasteiger partial charge on any atom is -0.493 e. The van der Waals surface area contributed by atoms with Crippen molar-refractivity contribution in [2.24, 2.45) is 0 Å². The van der Waals surface area contributed by atoms with Crippen molar-refractivity contribution in [1.82, 2.24) is 4.90 Å². The zero-order valence-corrected chi connectivity index (χ0v) is 15.0. The third-order valence-corrected chi connectivity index (χ3v) is 4.59. The van der Waals surface area contributed by atoms with Crippen LogP contribution >= 0.6 is 27.7 Å². The van der Waals surface area contributed by atoms with Crippen LogP contribution in [0.4, 0.5) is 4.79 Å². The van der Waals surface area contributed by atoms with Crippen LogP contribution in [0.5, 0.6) is 11.5 Å². The van der Waals surface area contributed by atoms with Crippen LogP contribution in [0.25, 0.3) is 6.08 Å². The lowest BCUT2D eigenvalue weighted by molar-refractivity contribution is -0.122. The van der Waals surface area contributed by atoms with Gasteiger partial charge in [0.25, 0.3) is 11.1 Å². The number of ether oxygens (including phenoxy) is 2. The van der Waals surface area contributed by atoms with Gasteiger partial charge >= 0.3 is 0 Å². The fourth-order valence-corrected chi connectivity index (χ4v) is 3.22. The molecule has 2 amide bonds. The molecule has 0 aliphatic carbocycles. The molecule has 1 saturated heterocycles. The molecule has 0 saturated carbocycles. The lowest BCUT2D eigenvalue weighted by atomic mass is 10.2. The molecule has 23 heavy (non-hydrogen) atoms. The molecule has 120 valence electrons. The lowest BCUT2D eigenvalue weighted by Gasteiger charge is -2.11. The van der Waals surface area contributed by atoms with Gasteiger partial charge in [-0.2, -0.15) is 0 Å². The summed E-state index contributed by atoms with van der Waals surface area (Å²) in [6.07, 6.45) is 6.81. The summed E-state index contributed by atoms with van der Waals surface area (Å²) in [5.41, 5.74) is 0.709. The first-order valence-electron chi connectivity index (χ1n) is 6.71. The largest absolute Gasteiger partial charge is 0.493 e. The molecular formula is C16H14BrNO4S. The van der Waals surface area contributed by atoms with Gasteiger partial charge in [0.05, 0.1) is 25.2 Å². The number of hydrogen-bond acceptors (Lipinski definition) is 5. The zero-order chi connectivity index (χ0) is 17.0. The average Bonchev–Trinajstić information content (AvgIpc) is 2.78. The number of imide groups is 1. The number of hydrogen-bond donors (Lipinski definition) is 0. The molecule has 0 spiro atoms. The van der Waals surface area contributed by atoms with Gasteiger partial charge in [0.2, 0.25) is 0 Å². The highest BCUT2D eigenvalue weighted by atomic mass is 79.9. The van der Waals surface area contributed by atoms with Crippen LogP contribution in [0.2, 0.25) is 0 Å². The molecule has 0 aromatic heterocycles. The van der Waals surface area contributed by atoms with Gasteiger partial charge in [-0.1, -0.05) is 21.9 Å². The van der Waals surface area contributed by atoms with Crippen LogP contribution in [0.3, 0.4) is 0 Å². The molecule has 1 aromatic rings. The zero-order valence-electron chi connectivity index (χ0n) is 12.6. The minimum absolute atomic E-state index is 0.0318. The van der Waals surface area contributed by atoms with E-state index >= 15 is 0 Å². The van der Waals surface area contributed by atoms with Crippen molar-refractivity contribution in [3.63, 3.8) is 0 Å². The van der Waals surface area contributed by atoms with Crippen molar-refractivity contribution in [3.05, 3.63) is 27.1 Å². The van der Waals surface area contributed by atoms with Crippen molar-refractivity contribution in [3.8, 4) is 23.8 Å². The van der Waals surface area contributed by atoms with E-state index in [1.807, 2.05) is 6.92 Å². The van der Waals surface area contributed by atoms with Gasteiger partial charge in [-0.05, 0) is 42.5 Å². The van der Waals surface area contributed by atoms with E-state index in [4.69, 9.17) is 15.9 Å². The molecule has 0 atom stereocenters. The van der Waals surface area contributed by atoms with E-state index in [2.05, 4.69) is 21.9 Å². The molecule has 1 heterocycles. The summed E-state index contributed by atoms with van der Waals surface area (Å²) in [5.74, 6) is 3.06. The van der Waals surface area contributed by atoms with E-state index in [0.717, 1.165) is 21.1 Å². The van der Waals surface area contributed by atoms with Gasteiger partial charge in [0.15, 0.2) is 11.5 Å². The monoisotopic (exact) mass is 395 g/mol. The van der Waals surface area contributed by atoms with Crippen molar-refractivity contribution in [2.45, 2.75) is 6.92 Å². The molecule has 1 fully saturated rings. The van der Waals surface area contributed by atoms with Crippen molar-refractivity contribution >= 4 is 44.9 Å². The number of terminal acetylenes is 1. The maximum atomic E-state index is 12.2. The lowest BCUT2D eigenvalue weighted by Crippen LogP contribution is -2.28. The minimum atomic E-state index is -0.390. The molecule has 0 N–H and O–H groups in total. The fourth-order valence-electron chi connectivity index (χ4n) is 1.96. The van der Waals surface area contributed by atoms with Gasteiger partial charge < -0.3 is 9.47 Å². The number of methoxy groups -OCH3 is 1. The van der Waals surface area contributed by atoms with E-state index in [1.165, 1.54) is 0 Å². The third-order valence-electron chi connectivity index (χ3n) is 2.99. The standard InChI is InChI=1S/C16H14BrNO4S/c1-4-6-18-15(19)14(23-16(18)20)8-10-7-13(22-5-2)12(21-3)9-11(10)17/h1,7-9H,5-6H2,2-3H3/b14-8+. The van der Waals surface area contributed by atoms with E-state index in [1.54, 1.807) is 25.3 Å². The van der Waals surface area contributed by atoms with Crippen LogP contribution in [-0.2, 0) is 4.79 Å². The second-order valence-electron chi connectivity index (χ2n) is 4.43. The molecular weight excluding hydrogens is 382 g/mol. The first-order valence-corrected chi connectivity index (χ1v) is 8.31. The molecule has 5 nitrogen and oxygen atoms in total. The van der Waals surface area contributed by atoms with E-state index in [-0.39, 0.29) is 11.8 Å². The maximum absolute atomic E-state index is 12.2. The first kappa shape index (κ1) is 17.4. The normalized spacial score (nSPS) is 15.9. The Morgan fingerprint density at radius 2 is 2.13 bits per heavy atom. The maximum Gasteiger partial charge on any atom is 0.294 e. The number of thioether (sulfide) groups is 1. The Balaban J connectivity index is 2.39.